The number of aryl methyl sites for hydroxylation is 2. The summed E-state index contributed by atoms with van der Waals surface area (Å²) in [6.07, 6.45) is 7.19. The van der Waals surface area contributed by atoms with Crippen LogP contribution < -0.4 is 0 Å². The molecular weight excluding hydrogens is 168 g/mol. The van der Waals surface area contributed by atoms with Gasteiger partial charge in [0.25, 0.3) is 0 Å². The molecule has 0 heterocycles. The fourth-order valence-corrected chi connectivity index (χ4v) is 2.19. The molecule has 0 aromatic heterocycles. The molecule has 2 rings (SSSR count). The van der Waals surface area contributed by atoms with Gasteiger partial charge in [-0.1, -0.05) is 24.3 Å². The molecule has 0 saturated carbocycles. The van der Waals surface area contributed by atoms with E-state index in [1.807, 2.05) is 0 Å². The van der Waals surface area contributed by atoms with Gasteiger partial charge in [0.15, 0.2) is 0 Å². The van der Waals surface area contributed by atoms with Gasteiger partial charge in [-0.3, -0.25) is 0 Å². The predicted molar refractivity (Wildman–Crippen MR) is 61.8 cm³/mol. The second-order valence-corrected chi connectivity index (χ2v) is 4.39. The lowest BCUT2D eigenvalue weighted by atomic mass is 9.92. The highest BCUT2D eigenvalue weighted by Gasteiger charge is 2.12. The summed E-state index contributed by atoms with van der Waals surface area (Å²) in [7, 11) is 0. The second-order valence-electron chi connectivity index (χ2n) is 4.39. The van der Waals surface area contributed by atoms with Crippen molar-refractivity contribution in [2.45, 2.75) is 39.5 Å². The molecule has 0 saturated heterocycles. The first kappa shape index (κ1) is 9.51. The van der Waals surface area contributed by atoms with Crippen LogP contribution in [0.3, 0.4) is 0 Å². The molecular formula is C14H18. The van der Waals surface area contributed by atoms with E-state index in [0.29, 0.717) is 5.92 Å². The summed E-state index contributed by atoms with van der Waals surface area (Å²) in [5.74, 6) is 0.674. The quantitative estimate of drug-likeness (QED) is 0.580. The Morgan fingerprint density at radius 2 is 1.71 bits per heavy atom. The Morgan fingerprint density at radius 1 is 1.07 bits per heavy atom. The van der Waals surface area contributed by atoms with Gasteiger partial charge in [-0.2, -0.15) is 0 Å². The van der Waals surface area contributed by atoms with Crippen molar-refractivity contribution in [3.63, 3.8) is 0 Å². The monoisotopic (exact) mass is 186 g/mol. The SMILES string of the molecule is Cc1cc(C2C=CCC2)cc(C)c1C. The van der Waals surface area contributed by atoms with Gasteiger partial charge >= 0.3 is 0 Å². The average molecular weight is 186 g/mol. The lowest BCUT2D eigenvalue weighted by molar-refractivity contribution is 0.798. The Hall–Kier alpha value is -1.04. The topological polar surface area (TPSA) is 0 Å². The molecule has 0 spiro atoms. The van der Waals surface area contributed by atoms with Crippen molar-refractivity contribution in [2.24, 2.45) is 0 Å². The van der Waals surface area contributed by atoms with Crippen molar-refractivity contribution in [1.82, 2.24) is 0 Å². The fraction of sp³-hybridized carbons (Fsp3) is 0.429. The number of rotatable bonds is 1. The molecule has 0 bridgehead atoms. The van der Waals surface area contributed by atoms with E-state index >= 15 is 0 Å². The highest BCUT2D eigenvalue weighted by atomic mass is 14.2. The lowest BCUT2D eigenvalue weighted by Gasteiger charge is -2.13. The van der Waals surface area contributed by atoms with E-state index in [9.17, 15) is 0 Å². The smallest absolute Gasteiger partial charge is 0.00211 e. The maximum Gasteiger partial charge on any atom is 0.00211 e. The van der Waals surface area contributed by atoms with E-state index in [1.54, 1.807) is 0 Å². The molecule has 0 nitrogen and oxygen atoms in total. The van der Waals surface area contributed by atoms with Crippen LogP contribution in [0.4, 0.5) is 0 Å². The van der Waals surface area contributed by atoms with E-state index < -0.39 is 0 Å². The van der Waals surface area contributed by atoms with Crippen molar-refractivity contribution in [3.8, 4) is 0 Å². The van der Waals surface area contributed by atoms with Gasteiger partial charge in [-0.25, -0.2) is 0 Å². The van der Waals surface area contributed by atoms with Gasteiger partial charge in [0.05, 0.1) is 0 Å². The van der Waals surface area contributed by atoms with Gasteiger partial charge in [-0.15, -0.1) is 0 Å². The average Bonchev–Trinajstić information content (AvgIpc) is 2.66. The normalized spacial score (nSPS) is 20.4. The molecule has 1 aromatic rings. The predicted octanol–water partition coefficient (Wildman–Crippen LogP) is 4.05. The zero-order chi connectivity index (χ0) is 10.1. The minimum absolute atomic E-state index is 0.674. The van der Waals surface area contributed by atoms with Gasteiger partial charge in [0, 0.05) is 5.92 Å². The largest absolute Gasteiger partial charge is 0.0879 e. The van der Waals surface area contributed by atoms with E-state index in [0.717, 1.165) is 0 Å². The molecule has 0 fully saturated rings. The van der Waals surface area contributed by atoms with Crippen LogP contribution in [0.15, 0.2) is 24.3 Å². The summed E-state index contributed by atoms with van der Waals surface area (Å²) in [6.45, 7) is 6.63. The van der Waals surface area contributed by atoms with Crippen LogP contribution in [-0.2, 0) is 0 Å². The first-order chi connectivity index (χ1) is 6.68. The van der Waals surface area contributed by atoms with Crippen molar-refractivity contribution >= 4 is 0 Å². The van der Waals surface area contributed by atoms with Gasteiger partial charge in [0.1, 0.15) is 0 Å². The number of hydrogen-bond donors (Lipinski definition) is 0. The zero-order valence-corrected chi connectivity index (χ0v) is 9.30. The number of hydrogen-bond acceptors (Lipinski definition) is 0. The van der Waals surface area contributed by atoms with Crippen molar-refractivity contribution in [2.75, 3.05) is 0 Å². The van der Waals surface area contributed by atoms with Crippen LogP contribution in [0.25, 0.3) is 0 Å². The third-order valence-corrected chi connectivity index (χ3v) is 3.39. The van der Waals surface area contributed by atoms with Crippen LogP contribution >= 0.6 is 0 Å². The van der Waals surface area contributed by atoms with Crippen molar-refractivity contribution < 1.29 is 0 Å². The molecule has 1 aliphatic carbocycles. The molecule has 0 heteroatoms. The third-order valence-electron chi connectivity index (χ3n) is 3.39. The minimum atomic E-state index is 0.674. The minimum Gasteiger partial charge on any atom is -0.0879 e. The Balaban J connectivity index is 2.39. The van der Waals surface area contributed by atoms with Gasteiger partial charge in [-0.05, 0) is 55.9 Å². The molecule has 0 radical (unpaired) electrons. The third kappa shape index (κ3) is 1.61. The Morgan fingerprint density at radius 3 is 2.21 bits per heavy atom. The summed E-state index contributed by atoms with van der Waals surface area (Å²) in [6, 6.07) is 4.70. The van der Waals surface area contributed by atoms with Gasteiger partial charge < -0.3 is 0 Å². The van der Waals surface area contributed by atoms with Crippen LogP contribution in [0.1, 0.15) is 41.0 Å². The molecule has 0 aliphatic heterocycles. The maximum atomic E-state index is 2.35. The van der Waals surface area contributed by atoms with Crippen LogP contribution in [-0.4, -0.2) is 0 Å². The number of allylic oxidation sites excluding steroid dienone is 2. The summed E-state index contributed by atoms with van der Waals surface area (Å²) < 4.78 is 0. The van der Waals surface area contributed by atoms with E-state index in [2.05, 4.69) is 45.1 Å². The fourth-order valence-electron chi connectivity index (χ4n) is 2.19. The Labute approximate surface area is 86.7 Å². The van der Waals surface area contributed by atoms with E-state index in [1.165, 1.54) is 35.1 Å². The first-order valence-corrected chi connectivity index (χ1v) is 5.43. The molecule has 74 valence electrons. The standard InChI is InChI=1S/C14H18/c1-10-8-14(9-11(2)12(10)3)13-6-4-5-7-13/h4,6,8-9,13H,5,7H2,1-3H3. The molecule has 1 unspecified atom stereocenters. The maximum absolute atomic E-state index is 2.35. The first-order valence-electron chi connectivity index (χ1n) is 5.43. The van der Waals surface area contributed by atoms with Crippen LogP contribution in [0.2, 0.25) is 0 Å². The molecule has 14 heavy (non-hydrogen) atoms. The Bertz CT molecular complexity index is 349. The lowest BCUT2D eigenvalue weighted by Crippen LogP contribution is -1.95. The second kappa shape index (κ2) is 3.61. The van der Waals surface area contributed by atoms with Crippen LogP contribution in [0.5, 0.6) is 0 Å². The van der Waals surface area contributed by atoms with Crippen LogP contribution in [0, 0.1) is 20.8 Å². The molecule has 0 N–H and O–H groups in total. The molecule has 1 aromatic carbocycles. The summed E-state index contributed by atoms with van der Waals surface area (Å²) in [4.78, 5) is 0. The van der Waals surface area contributed by atoms with Crippen molar-refractivity contribution in [3.05, 3.63) is 46.5 Å². The summed E-state index contributed by atoms with van der Waals surface area (Å²) in [5.41, 5.74) is 5.80. The van der Waals surface area contributed by atoms with E-state index in [-0.39, 0.29) is 0 Å². The van der Waals surface area contributed by atoms with E-state index in [4.69, 9.17) is 0 Å². The molecule has 0 amide bonds. The highest BCUT2D eigenvalue weighted by Crippen LogP contribution is 2.30. The number of benzene rings is 1. The summed E-state index contributed by atoms with van der Waals surface area (Å²) >= 11 is 0. The zero-order valence-electron chi connectivity index (χ0n) is 9.30. The van der Waals surface area contributed by atoms with Gasteiger partial charge in [0.2, 0.25) is 0 Å². The highest BCUT2D eigenvalue weighted by molar-refractivity contribution is 5.40. The molecule has 1 atom stereocenters. The van der Waals surface area contributed by atoms with Crippen molar-refractivity contribution in [1.29, 1.82) is 0 Å². The summed E-state index contributed by atoms with van der Waals surface area (Å²) in [5, 5.41) is 0. The Kier molecular flexibility index (Phi) is 2.45. The molecule has 1 aliphatic rings.